The van der Waals surface area contributed by atoms with Gasteiger partial charge in [-0.05, 0) is 30.2 Å². The van der Waals surface area contributed by atoms with Gasteiger partial charge in [-0.1, -0.05) is 0 Å². The molecule has 5 heteroatoms. The molecule has 1 atom stereocenters. The topological polar surface area (TPSA) is 91.3 Å². The van der Waals surface area contributed by atoms with Gasteiger partial charge in [-0.15, -0.1) is 0 Å². The molecule has 98 valence electrons. The third-order valence-corrected chi connectivity index (χ3v) is 2.63. The van der Waals surface area contributed by atoms with E-state index in [2.05, 4.69) is 11.4 Å². The average molecular weight is 249 g/mol. The Bertz CT molecular complexity index is 409. The zero-order valence-corrected chi connectivity index (χ0v) is 10.5. The molecule has 5 nitrogen and oxygen atoms in total. The fourth-order valence-corrected chi connectivity index (χ4v) is 1.72. The van der Waals surface area contributed by atoms with Crippen LogP contribution < -0.4 is 11.1 Å². The largest absolute Gasteiger partial charge is 0.398 e. The van der Waals surface area contributed by atoms with Gasteiger partial charge in [0.25, 0.3) is 0 Å². The first-order chi connectivity index (χ1) is 8.71. The van der Waals surface area contributed by atoms with Gasteiger partial charge in [0, 0.05) is 25.1 Å². The zero-order chi connectivity index (χ0) is 13.4. The standard InChI is InChI=1S/C13H19N3O2/c1-18-9-12(5-7-17)16-11-2-3-13(15)10(8-11)4-6-14/h2-3,8,12,16-17H,4-5,7,9,15H2,1H3. The molecule has 0 aliphatic carbocycles. The minimum Gasteiger partial charge on any atom is -0.398 e. The SMILES string of the molecule is COCC(CCO)Nc1ccc(N)c(CC#N)c1. The van der Waals surface area contributed by atoms with Crippen molar-refractivity contribution in [1.82, 2.24) is 0 Å². The molecule has 0 heterocycles. The second-order valence-corrected chi connectivity index (χ2v) is 4.06. The van der Waals surface area contributed by atoms with Crippen LogP contribution in [0, 0.1) is 11.3 Å². The van der Waals surface area contributed by atoms with Gasteiger partial charge in [0.05, 0.1) is 25.1 Å². The summed E-state index contributed by atoms with van der Waals surface area (Å²) in [5.74, 6) is 0. The van der Waals surface area contributed by atoms with E-state index in [9.17, 15) is 0 Å². The van der Waals surface area contributed by atoms with Crippen molar-refractivity contribution in [1.29, 1.82) is 5.26 Å². The van der Waals surface area contributed by atoms with E-state index in [0.29, 0.717) is 18.7 Å². The molecule has 0 radical (unpaired) electrons. The predicted octanol–water partition coefficient (Wildman–Crippen LogP) is 1.14. The molecule has 0 amide bonds. The van der Waals surface area contributed by atoms with Gasteiger partial charge < -0.3 is 20.9 Å². The van der Waals surface area contributed by atoms with Gasteiger partial charge in [0.1, 0.15) is 0 Å². The summed E-state index contributed by atoms with van der Waals surface area (Å²) in [4.78, 5) is 0. The molecule has 1 aromatic rings. The molecule has 0 aromatic heterocycles. The molecule has 0 aliphatic heterocycles. The smallest absolute Gasteiger partial charge is 0.0670 e. The summed E-state index contributed by atoms with van der Waals surface area (Å²) >= 11 is 0. The molecule has 0 saturated heterocycles. The lowest BCUT2D eigenvalue weighted by Crippen LogP contribution is -2.26. The van der Waals surface area contributed by atoms with Crippen LogP contribution in [0.15, 0.2) is 18.2 Å². The Morgan fingerprint density at radius 3 is 2.94 bits per heavy atom. The highest BCUT2D eigenvalue weighted by atomic mass is 16.5. The van der Waals surface area contributed by atoms with E-state index >= 15 is 0 Å². The van der Waals surface area contributed by atoms with Crippen LogP contribution in [0.4, 0.5) is 11.4 Å². The van der Waals surface area contributed by atoms with Crippen LogP contribution in [-0.2, 0) is 11.2 Å². The molecule has 0 fully saturated rings. The van der Waals surface area contributed by atoms with Crippen molar-refractivity contribution in [2.24, 2.45) is 0 Å². The van der Waals surface area contributed by atoms with Crippen molar-refractivity contribution >= 4 is 11.4 Å². The molecule has 0 saturated carbocycles. The van der Waals surface area contributed by atoms with E-state index in [-0.39, 0.29) is 19.1 Å². The average Bonchev–Trinajstić information content (AvgIpc) is 2.34. The lowest BCUT2D eigenvalue weighted by Gasteiger charge is -2.19. The first-order valence-electron chi connectivity index (χ1n) is 5.83. The van der Waals surface area contributed by atoms with Gasteiger partial charge in [-0.2, -0.15) is 5.26 Å². The maximum absolute atomic E-state index is 8.97. The number of nitrogens with zero attached hydrogens (tertiary/aromatic N) is 1. The Hall–Kier alpha value is -1.77. The number of anilines is 2. The molecular formula is C13H19N3O2. The minimum atomic E-state index is 0.0403. The summed E-state index contributed by atoms with van der Waals surface area (Å²) < 4.78 is 5.08. The van der Waals surface area contributed by atoms with Crippen LogP contribution in [-0.4, -0.2) is 31.5 Å². The molecule has 0 bridgehead atoms. The summed E-state index contributed by atoms with van der Waals surface area (Å²) in [6, 6.07) is 7.62. The fourth-order valence-electron chi connectivity index (χ4n) is 1.72. The van der Waals surface area contributed by atoms with Gasteiger partial charge in [-0.3, -0.25) is 0 Å². The van der Waals surface area contributed by atoms with Crippen molar-refractivity contribution in [2.45, 2.75) is 18.9 Å². The first-order valence-corrected chi connectivity index (χ1v) is 5.83. The highest BCUT2D eigenvalue weighted by Gasteiger charge is 2.08. The van der Waals surface area contributed by atoms with Gasteiger partial charge in [0.2, 0.25) is 0 Å². The molecular weight excluding hydrogens is 230 g/mol. The van der Waals surface area contributed by atoms with Crippen molar-refractivity contribution < 1.29 is 9.84 Å². The van der Waals surface area contributed by atoms with Crippen molar-refractivity contribution in [2.75, 3.05) is 31.4 Å². The normalized spacial score (nSPS) is 11.8. The van der Waals surface area contributed by atoms with Crippen LogP contribution in [0.5, 0.6) is 0 Å². The van der Waals surface area contributed by atoms with Gasteiger partial charge in [-0.25, -0.2) is 0 Å². The van der Waals surface area contributed by atoms with Crippen LogP contribution in [0.1, 0.15) is 12.0 Å². The number of aliphatic hydroxyl groups is 1. The number of benzene rings is 1. The third kappa shape index (κ3) is 4.24. The molecule has 1 unspecified atom stereocenters. The summed E-state index contributed by atoms with van der Waals surface area (Å²) in [7, 11) is 1.62. The van der Waals surface area contributed by atoms with E-state index in [1.165, 1.54) is 0 Å². The minimum absolute atomic E-state index is 0.0403. The monoisotopic (exact) mass is 249 g/mol. The van der Waals surface area contributed by atoms with Crippen LogP contribution in [0.3, 0.4) is 0 Å². The summed E-state index contributed by atoms with van der Waals surface area (Å²) in [5, 5.41) is 20.9. The second kappa shape index (κ2) is 7.54. The van der Waals surface area contributed by atoms with Gasteiger partial charge >= 0.3 is 0 Å². The van der Waals surface area contributed by atoms with E-state index < -0.39 is 0 Å². The third-order valence-electron chi connectivity index (χ3n) is 2.63. The number of nitrogens with one attached hydrogen (secondary N) is 1. The second-order valence-electron chi connectivity index (χ2n) is 4.06. The number of ether oxygens (including phenoxy) is 1. The first kappa shape index (κ1) is 14.3. The Balaban J connectivity index is 2.76. The number of rotatable bonds is 7. The van der Waals surface area contributed by atoms with Crippen molar-refractivity contribution in [3.8, 4) is 6.07 Å². The number of nitrogens with two attached hydrogens (primary N) is 1. The maximum atomic E-state index is 8.97. The number of hydrogen-bond acceptors (Lipinski definition) is 5. The van der Waals surface area contributed by atoms with E-state index in [1.807, 2.05) is 12.1 Å². The van der Waals surface area contributed by atoms with Crippen LogP contribution >= 0.6 is 0 Å². The number of nitriles is 1. The number of methoxy groups -OCH3 is 1. The molecule has 4 N–H and O–H groups in total. The highest BCUT2D eigenvalue weighted by Crippen LogP contribution is 2.19. The molecule has 0 aliphatic rings. The molecule has 0 spiro atoms. The summed E-state index contributed by atoms with van der Waals surface area (Å²) in [6.45, 7) is 0.611. The van der Waals surface area contributed by atoms with Crippen molar-refractivity contribution in [3.63, 3.8) is 0 Å². The zero-order valence-electron chi connectivity index (χ0n) is 10.5. The lowest BCUT2D eigenvalue weighted by molar-refractivity contribution is 0.170. The lowest BCUT2D eigenvalue weighted by atomic mass is 10.1. The Kier molecular flexibility index (Phi) is 5.98. The molecule has 1 aromatic carbocycles. The quantitative estimate of drug-likeness (QED) is 0.630. The fraction of sp³-hybridized carbons (Fsp3) is 0.462. The number of aliphatic hydroxyl groups excluding tert-OH is 1. The highest BCUT2D eigenvalue weighted by molar-refractivity contribution is 5.58. The summed E-state index contributed by atoms with van der Waals surface area (Å²) in [6.07, 6.45) is 0.891. The Morgan fingerprint density at radius 1 is 1.56 bits per heavy atom. The van der Waals surface area contributed by atoms with E-state index in [0.717, 1.165) is 11.3 Å². The molecule has 1 rings (SSSR count). The van der Waals surface area contributed by atoms with Crippen LogP contribution in [0.25, 0.3) is 0 Å². The number of hydrogen-bond donors (Lipinski definition) is 3. The maximum Gasteiger partial charge on any atom is 0.0670 e. The predicted molar refractivity (Wildman–Crippen MR) is 71.2 cm³/mol. The molecule has 18 heavy (non-hydrogen) atoms. The van der Waals surface area contributed by atoms with Crippen molar-refractivity contribution in [3.05, 3.63) is 23.8 Å². The summed E-state index contributed by atoms with van der Waals surface area (Å²) in [5.41, 5.74) is 8.09. The Labute approximate surface area is 107 Å². The Morgan fingerprint density at radius 2 is 2.33 bits per heavy atom. The van der Waals surface area contributed by atoms with Gasteiger partial charge in [0.15, 0.2) is 0 Å². The number of nitrogen functional groups attached to an aromatic ring is 1. The van der Waals surface area contributed by atoms with E-state index in [1.54, 1.807) is 13.2 Å². The van der Waals surface area contributed by atoms with E-state index in [4.69, 9.17) is 20.8 Å². The van der Waals surface area contributed by atoms with Crippen LogP contribution in [0.2, 0.25) is 0 Å².